The fourth-order valence-corrected chi connectivity index (χ4v) is 1.74. The molecule has 1 aromatic heterocycles. The van der Waals surface area contributed by atoms with Crippen molar-refractivity contribution in [1.82, 2.24) is 9.97 Å². The molecule has 1 atom stereocenters. The zero-order chi connectivity index (χ0) is 14.3. The second kappa shape index (κ2) is 7.91. The Morgan fingerprint density at radius 3 is 2.42 bits per heavy atom. The average molecular weight is 268 g/mol. The van der Waals surface area contributed by atoms with Crippen LogP contribution in [0.5, 0.6) is 0 Å². The molecule has 0 saturated heterocycles. The standard InChI is InChI=1S/C13H24N4O2/c1-6-11-16-12(14-3)9(2)13(17-11)15-7-10(19-5)8-18-4/h10H,6-8H2,1-5H3,(H2,14,15,16,17). The molecule has 0 fully saturated rings. The van der Waals surface area contributed by atoms with Gasteiger partial charge in [-0.15, -0.1) is 0 Å². The summed E-state index contributed by atoms with van der Waals surface area (Å²) in [6.07, 6.45) is 0.803. The third-order valence-corrected chi connectivity index (χ3v) is 2.93. The van der Waals surface area contributed by atoms with Gasteiger partial charge in [-0.1, -0.05) is 6.92 Å². The van der Waals surface area contributed by atoms with E-state index in [4.69, 9.17) is 9.47 Å². The summed E-state index contributed by atoms with van der Waals surface area (Å²) in [6.45, 7) is 5.23. The molecule has 6 heteroatoms. The average Bonchev–Trinajstić information content (AvgIpc) is 2.44. The second-order valence-electron chi connectivity index (χ2n) is 4.26. The number of anilines is 2. The molecule has 2 N–H and O–H groups in total. The molecule has 0 spiro atoms. The van der Waals surface area contributed by atoms with Crippen LogP contribution in [0.4, 0.5) is 11.6 Å². The zero-order valence-corrected chi connectivity index (χ0v) is 12.4. The van der Waals surface area contributed by atoms with Crippen LogP contribution >= 0.6 is 0 Å². The Morgan fingerprint density at radius 1 is 1.21 bits per heavy atom. The summed E-state index contributed by atoms with van der Waals surface area (Å²) in [5, 5.41) is 6.39. The van der Waals surface area contributed by atoms with Gasteiger partial charge in [-0.2, -0.15) is 0 Å². The van der Waals surface area contributed by atoms with Crippen LogP contribution in [0.3, 0.4) is 0 Å². The number of nitrogens with one attached hydrogen (secondary N) is 2. The smallest absolute Gasteiger partial charge is 0.134 e. The number of aryl methyl sites for hydroxylation is 1. The van der Waals surface area contributed by atoms with Crippen molar-refractivity contribution in [2.45, 2.75) is 26.4 Å². The van der Waals surface area contributed by atoms with E-state index in [1.807, 2.05) is 20.9 Å². The van der Waals surface area contributed by atoms with E-state index >= 15 is 0 Å². The summed E-state index contributed by atoms with van der Waals surface area (Å²) in [4.78, 5) is 8.94. The third-order valence-electron chi connectivity index (χ3n) is 2.93. The quantitative estimate of drug-likeness (QED) is 0.744. The number of hydrogen-bond donors (Lipinski definition) is 2. The molecule has 0 saturated carbocycles. The van der Waals surface area contributed by atoms with E-state index in [0.29, 0.717) is 13.2 Å². The van der Waals surface area contributed by atoms with Crippen molar-refractivity contribution in [3.05, 3.63) is 11.4 Å². The lowest BCUT2D eigenvalue weighted by atomic mass is 10.2. The molecule has 108 valence electrons. The van der Waals surface area contributed by atoms with Crippen molar-refractivity contribution in [2.24, 2.45) is 0 Å². The lowest BCUT2D eigenvalue weighted by Gasteiger charge is -2.18. The second-order valence-corrected chi connectivity index (χ2v) is 4.26. The van der Waals surface area contributed by atoms with Crippen LogP contribution in [0.2, 0.25) is 0 Å². The van der Waals surface area contributed by atoms with Gasteiger partial charge in [0.15, 0.2) is 0 Å². The van der Waals surface area contributed by atoms with Crippen LogP contribution in [0, 0.1) is 6.92 Å². The molecule has 0 aliphatic carbocycles. The first kappa shape index (κ1) is 15.7. The Bertz CT molecular complexity index is 398. The fourth-order valence-electron chi connectivity index (χ4n) is 1.74. The van der Waals surface area contributed by atoms with Gasteiger partial charge < -0.3 is 20.1 Å². The Labute approximate surface area is 114 Å². The van der Waals surface area contributed by atoms with Gasteiger partial charge in [-0.25, -0.2) is 9.97 Å². The van der Waals surface area contributed by atoms with Crippen molar-refractivity contribution in [3.63, 3.8) is 0 Å². The van der Waals surface area contributed by atoms with Crippen molar-refractivity contribution < 1.29 is 9.47 Å². The highest BCUT2D eigenvalue weighted by atomic mass is 16.5. The van der Waals surface area contributed by atoms with Gasteiger partial charge in [0, 0.05) is 39.8 Å². The number of ether oxygens (including phenoxy) is 2. The molecular formula is C13H24N4O2. The van der Waals surface area contributed by atoms with Crippen LogP contribution < -0.4 is 10.6 Å². The molecule has 0 aromatic carbocycles. The summed E-state index contributed by atoms with van der Waals surface area (Å²) < 4.78 is 10.4. The Balaban J connectivity index is 2.81. The molecule has 0 aliphatic rings. The van der Waals surface area contributed by atoms with Gasteiger partial charge in [0.1, 0.15) is 17.5 Å². The third kappa shape index (κ3) is 4.33. The highest BCUT2D eigenvalue weighted by molar-refractivity contribution is 5.57. The first-order chi connectivity index (χ1) is 9.15. The molecule has 1 rings (SSSR count). The maximum Gasteiger partial charge on any atom is 0.134 e. The molecule has 0 aliphatic heterocycles. The summed E-state index contributed by atoms with van der Waals surface area (Å²) in [5.41, 5.74) is 1.01. The predicted molar refractivity (Wildman–Crippen MR) is 76.9 cm³/mol. The topological polar surface area (TPSA) is 68.3 Å². The molecule has 19 heavy (non-hydrogen) atoms. The number of aromatic nitrogens is 2. The fraction of sp³-hybridized carbons (Fsp3) is 0.692. The van der Waals surface area contributed by atoms with E-state index in [0.717, 1.165) is 29.4 Å². The molecule has 1 aromatic rings. The Kier molecular flexibility index (Phi) is 6.52. The lowest BCUT2D eigenvalue weighted by Crippen LogP contribution is -2.27. The zero-order valence-electron chi connectivity index (χ0n) is 12.4. The van der Waals surface area contributed by atoms with Crippen molar-refractivity contribution in [1.29, 1.82) is 0 Å². The molecule has 6 nitrogen and oxygen atoms in total. The molecule has 0 amide bonds. The minimum Gasteiger partial charge on any atom is -0.382 e. The lowest BCUT2D eigenvalue weighted by molar-refractivity contribution is 0.0365. The van der Waals surface area contributed by atoms with Crippen LogP contribution in [-0.2, 0) is 15.9 Å². The van der Waals surface area contributed by atoms with E-state index in [9.17, 15) is 0 Å². The van der Waals surface area contributed by atoms with Crippen molar-refractivity contribution >= 4 is 11.6 Å². The largest absolute Gasteiger partial charge is 0.382 e. The van der Waals surface area contributed by atoms with Crippen LogP contribution in [0.1, 0.15) is 18.3 Å². The van der Waals surface area contributed by atoms with Crippen molar-refractivity contribution in [3.8, 4) is 0 Å². The first-order valence-corrected chi connectivity index (χ1v) is 6.47. The SMILES string of the molecule is CCc1nc(NC)c(C)c(NCC(COC)OC)n1. The van der Waals surface area contributed by atoms with Gasteiger partial charge in [0.05, 0.1) is 12.7 Å². The van der Waals surface area contributed by atoms with Gasteiger partial charge >= 0.3 is 0 Å². The highest BCUT2D eigenvalue weighted by Gasteiger charge is 2.12. The Morgan fingerprint density at radius 2 is 1.89 bits per heavy atom. The number of rotatable bonds is 8. The Hall–Kier alpha value is -1.40. The van der Waals surface area contributed by atoms with E-state index in [-0.39, 0.29) is 6.10 Å². The van der Waals surface area contributed by atoms with E-state index in [1.54, 1.807) is 14.2 Å². The monoisotopic (exact) mass is 268 g/mol. The van der Waals surface area contributed by atoms with Crippen molar-refractivity contribution in [2.75, 3.05) is 45.1 Å². The van der Waals surface area contributed by atoms with Gasteiger partial charge in [-0.3, -0.25) is 0 Å². The number of methoxy groups -OCH3 is 2. The minimum atomic E-state index is 0.00229. The van der Waals surface area contributed by atoms with Gasteiger partial charge in [0.25, 0.3) is 0 Å². The minimum absolute atomic E-state index is 0.00229. The normalized spacial score (nSPS) is 12.3. The number of nitrogens with zero attached hydrogens (tertiary/aromatic N) is 2. The van der Waals surface area contributed by atoms with E-state index in [1.165, 1.54) is 0 Å². The van der Waals surface area contributed by atoms with Gasteiger partial charge in [-0.05, 0) is 6.92 Å². The molecule has 0 radical (unpaired) electrons. The first-order valence-electron chi connectivity index (χ1n) is 6.47. The highest BCUT2D eigenvalue weighted by Crippen LogP contribution is 2.19. The van der Waals surface area contributed by atoms with Crippen LogP contribution in [-0.4, -0.2) is 50.5 Å². The van der Waals surface area contributed by atoms with Crippen LogP contribution in [0.15, 0.2) is 0 Å². The van der Waals surface area contributed by atoms with E-state index in [2.05, 4.69) is 20.6 Å². The van der Waals surface area contributed by atoms with Crippen LogP contribution in [0.25, 0.3) is 0 Å². The van der Waals surface area contributed by atoms with Gasteiger partial charge in [0.2, 0.25) is 0 Å². The molecule has 1 heterocycles. The maximum atomic E-state index is 5.32. The summed E-state index contributed by atoms with van der Waals surface area (Å²) in [6, 6.07) is 0. The summed E-state index contributed by atoms with van der Waals surface area (Å²) >= 11 is 0. The van der Waals surface area contributed by atoms with E-state index < -0.39 is 0 Å². The summed E-state index contributed by atoms with van der Waals surface area (Å²) in [5.74, 6) is 2.52. The molecular weight excluding hydrogens is 244 g/mol. The predicted octanol–water partition coefficient (Wildman–Crippen LogP) is 1.46. The summed E-state index contributed by atoms with van der Waals surface area (Å²) in [7, 11) is 5.20. The molecule has 1 unspecified atom stereocenters. The molecule has 0 bridgehead atoms. The maximum absolute atomic E-state index is 5.32. The number of hydrogen-bond acceptors (Lipinski definition) is 6.